The van der Waals surface area contributed by atoms with Crippen LogP contribution < -0.4 is 10.6 Å². The summed E-state index contributed by atoms with van der Waals surface area (Å²) in [5.41, 5.74) is 1.12. The highest BCUT2D eigenvalue weighted by atomic mass is 35.5. The first-order chi connectivity index (χ1) is 10.3. The summed E-state index contributed by atoms with van der Waals surface area (Å²) in [5.74, 6) is 0.0613. The van der Waals surface area contributed by atoms with E-state index < -0.39 is 0 Å². The van der Waals surface area contributed by atoms with Crippen molar-refractivity contribution in [1.82, 2.24) is 10.6 Å². The molecule has 1 fully saturated rings. The second-order valence-electron chi connectivity index (χ2n) is 5.39. The summed E-state index contributed by atoms with van der Waals surface area (Å²) in [6, 6.07) is 14.6. The molecule has 2 N–H and O–H groups in total. The zero-order valence-corrected chi connectivity index (χ0v) is 13.2. The maximum absolute atomic E-state index is 11.9. The molecule has 1 aliphatic rings. The van der Waals surface area contributed by atoms with Gasteiger partial charge in [0, 0.05) is 25.6 Å². The molecule has 3 rings (SSSR count). The summed E-state index contributed by atoms with van der Waals surface area (Å²) < 4.78 is 5.35. The van der Waals surface area contributed by atoms with Crippen molar-refractivity contribution < 1.29 is 9.53 Å². The monoisotopic (exact) mass is 320 g/mol. The van der Waals surface area contributed by atoms with Crippen molar-refractivity contribution in [2.45, 2.75) is 19.0 Å². The molecule has 1 amide bonds. The van der Waals surface area contributed by atoms with Crippen LogP contribution in [0.1, 0.15) is 12.0 Å². The summed E-state index contributed by atoms with van der Waals surface area (Å²) in [7, 11) is 0. The van der Waals surface area contributed by atoms with Crippen molar-refractivity contribution in [3.05, 3.63) is 48.0 Å². The van der Waals surface area contributed by atoms with Gasteiger partial charge in [-0.2, -0.15) is 0 Å². The minimum atomic E-state index is 0. The topological polar surface area (TPSA) is 50.4 Å². The Morgan fingerprint density at radius 1 is 1.23 bits per heavy atom. The van der Waals surface area contributed by atoms with E-state index in [-0.39, 0.29) is 24.4 Å². The largest absolute Gasteiger partial charge is 0.378 e. The van der Waals surface area contributed by atoms with Gasteiger partial charge in [0.1, 0.15) is 0 Å². The van der Waals surface area contributed by atoms with Gasteiger partial charge in [0.2, 0.25) is 5.91 Å². The number of hydrogen-bond acceptors (Lipinski definition) is 3. The molecule has 0 saturated carbocycles. The van der Waals surface area contributed by atoms with Crippen LogP contribution >= 0.6 is 12.4 Å². The van der Waals surface area contributed by atoms with E-state index in [0.29, 0.717) is 19.6 Å². The van der Waals surface area contributed by atoms with Gasteiger partial charge in [-0.05, 0) is 22.4 Å². The molecule has 22 heavy (non-hydrogen) atoms. The van der Waals surface area contributed by atoms with Crippen LogP contribution in [0.2, 0.25) is 0 Å². The maximum Gasteiger partial charge on any atom is 0.221 e. The lowest BCUT2D eigenvalue weighted by molar-refractivity contribution is -0.122. The predicted octanol–water partition coefficient (Wildman–Crippen LogP) is 2.26. The fraction of sp³-hybridized carbons (Fsp3) is 0.353. The summed E-state index contributed by atoms with van der Waals surface area (Å²) in [6.45, 7) is 2.73. The first-order valence-electron chi connectivity index (χ1n) is 7.37. The first-order valence-corrected chi connectivity index (χ1v) is 7.37. The third kappa shape index (κ3) is 4.44. The second-order valence-corrected chi connectivity index (χ2v) is 5.39. The average molecular weight is 321 g/mol. The zero-order valence-electron chi connectivity index (χ0n) is 12.4. The van der Waals surface area contributed by atoms with E-state index in [9.17, 15) is 4.79 Å². The molecule has 0 bridgehead atoms. The molecule has 2 aromatic rings. The van der Waals surface area contributed by atoms with Crippen LogP contribution in [-0.2, 0) is 16.1 Å². The normalized spacial score (nSPS) is 17.7. The Labute approximate surface area is 136 Å². The molecule has 1 saturated heterocycles. The number of morpholine rings is 1. The minimum absolute atomic E-state index is 0. The number of benzene rings is 2. The summed E-state index contributed by atoms with van der Waals surface area (Å²) in [4.78, 5) is 11.9. The number of halogens is 1. The summed E-state index contributed by atoms with van der Waals surface area (Å²) in [5, 5.41) is 8.68. The van der Waals surface area contributed by atoms with Crippen molar-refractivity contribution in [2.75, 3.05) is 19.8 Å². The van der Waals surface area contributed by atoms with Gasteiger partial charge in [0.25, 0.3) is 0 Å². The maximum atomic E-state index is 11.9. The molecular weight excluding hydrogens is 300 g/mol. The van der Waals surface area contributed by atoms with Crippen molar-refractivity contribution in [2.24, 2.45) is 0 Å². The third-order valence-electron chi connectivity index (χ3n) is 3.73. The van der Waals surface area contributed by atoms with Crippen LogP contribution in [0.3, 0.4) is 0 Å². The van der Waals surface area contributed by atoms with E-state index in [1.807, 2.05) is 12.1 Å². The minimum Gasteiger partial charge on any atom is -0.378 e. The Kier molecular flexibility index (Phi) is 6.19. The molecule has 0 aromatic heterocycles. The number of nitrogens with one attached hydrogen (secondary N) is 2. The van der Waals surface area contributed by atoms with E-state index in [4.69, 9.17) is 4.74 Å². The van der Waals surface area contributed by atoms with Crippen LogP contribution in [0.25, 0.3) is 10.8 Å². The SMILES string of the molecule is Cl.O=C(CC1COCCN1)NCc1ccc2ccccc2c1. The molecule has 1 atom stereocenters. The van der Waals surface area contributed by atoms with E-state index >= 15 is 0 Å². The number of rotatable bonds is 4. The molecule has 5 heteroatoms. The highest BCUT2D eigenvalue weighted by molar-refractivity contribution is 5.85. The fourth-order valence-corrected chi connectivity index (χ4v) is 2.60. The number of fused-ring (bicyclic) bond motifs is 1. The third-order valence-corrected chi connectivity index (χ3v) is 3.73. The van der Waals surface area contributed by atoms with Crippen LogP contribution in [0.5, 0.6) is 0 Å². The van der Waals surface area contributed by atoms with Gasteiger partial charge in [-0.25, -0.2) is 0 Å². The molecule has 4 nitrogen and oxygen atoms in total. The van der Waals surface area contributed by atoms with Gasteiger partial charge >= 0.3 is 0 Å². The quantitative estimate of drug-likeness (QED) is 0.908. The van der Waals surface area contributed by atoms with E-state index in [2.05, 4.69) is 41.0 Å². The second kappa shape index (κ2) is 8.13. The Morgan fingerprint density at radius 3 is 2.82 bits per heavy atom. The lowest BCUT2D eigenvalue weighted by Gasteiger charge is -2.23. The standard InChI is InChI=1S/C17H20N2O2.ClH/c20-17(10-16-12-21-8-7-18-16)19-11-13-5-6-14-3-1-2-4-15(14)9-13;/h1-6,9,16,18H,7-8,10-12H2,(H,19,20);1H. The number of hydrogen-bond donors (Lipinski definition) is 2. The van der Waals surface area contributed by atoms with Gasteiger partial charge in [0.15, 0.2) is 0 Å². The first kappa shape index (κ1) is 16.7. The van der Waals surface area contributed by atoms with Gasteiger partial charge in [-0.3, -0.25) is 4.79 Å². The van der Waals surface area contributed by atoms with E-state index in [0.717, 1.165) is 18.7 Å². The molecule has 0 aliphatic carbocycles. The number of amides is 1. The lowest BCUT2D eigenvalue weighted by atomic mass is 10.1. The highest BCUT2D eigenvalue weighted by Gasteiger charge is 2.16. The number of carbonyl (C=O) groups is 1. The van der Waals surface area contributed by atoms with E-state index in [1.54, 1.807) is 0 Å². The zero-order chi connectivity index (χ0) is 14.5. The fourth-order valence-electron chi connectivity index (χ4n) is 2.60. The number of carbonyl (C=O) groups excluding carboxylic acids is 1. The van der Waals surface area contributed by atoms with Crippen LogP contribution in [-0.4, -0.2) is 31.7 Å². The van der Waals surface area contributed by atoms with Crippen molar-refractivity contribution in [3.63, 3.8) is 0 Å². The molecule has 1 heterocycles. The Hall–Kier alpha value is -1.62. The smallest absolute Gasteiger partial charge is 0.221 e. The summed E-state index contributed by atoms with van der Waals surface area (Å²) >= 11 is 0. The van der Waals surface area contributed by atoms with Crippen LogP contribution in [0.4, 0.5) is 0 Å². The number of ether oxygens (including phenoxy) is 1. The average Bonchev–Trinajstić information content (AvgIpc) is 2.54. The molecule has 2 aromatic carbocycles. The van der Waals surface area contributed by atoms with Gasteiger partial charge in [-0.1, -0.05) is 36.4 Å². The van der Waals surface area contributed by atoms with Crippen LogP contribution in [0.15, 0.2) is 42.5 Å². The van der Waals surface area contributed by atoms with Crippen LogP contribution in [0, 0.1) is 0 Å². The molecule has 0 spiro atoms. The van der Waals surface area contributed by atoms with Gasteiger partial charge < -0.3 is 15.4 Å². The molecule has 1 unspecified atom stereocenters. The Balaban J connectivity index is 0.00000176. The van der Waals surface area contributed by atoms with Crippen molar-refractivity contribution in [3.8, 4) is 0 Å². The molecule has 118 valence electrons. The lowest BCUT2D eigenvalue weighted by Crippen LogP contribution is -2.44. The van der Waals surface area contributed by atoms with Gasteiger partial charge in [0.05, 0.1) is 13.2 Å². The Morgan fingerprint density at radius 2 is 2.05 bits per heavy atom. The molecule has 1 aliphatic heterocycles. The highest BCUT2D eigenvalue weighted by Crippen LogP contribution is 2.15. The molecular formula is C17H21ClN2O2. The summed E-state index contributed by atoms with van der Waals surface area (Å²) in [6.07, 6.45) is 0.466. The van der Waals surface area contributed by atoms with Crippen molar-refractivity contribution >= 4 is 29.1 Å². The van der Waals surface area contributed by atoms with Crippen molar-refractivity contribution in [1.29, 1.82) is 0 Å². The molecule has 0 radical (unpaired) electrons. The van der Waals surface area contributed by atoms with E-state index in [1.165, 1.54) is 10.8 Å². The van der Waals surface area contributed by atoms with Gasteiger partial charge in [-0.15, -0.1) is 12.4 Å². The Bertz CT molecular complexity index is 627. The predicted molar refractivity (Wildman–Crippen MR) is 90.3 cm³/mol.